The van der Waals surface area contributed by atoms with Crippen LogP contribution in [0.1, 0.15) is 16.1 Å². The maximum atomic E-state index is 13.2. The summed E-state index contributed by atoms with van der Waals surface area (Å²) < 4.78 is 20.5. The van der Waals surface area contributed by atoms with Gasteiger partial charge in [0, 0.05) is 12.2 Å². The maximum Gasteiger partial charge on any atom is 0.281 e. The van der Waals surface area contributed by atoms with Crippen molar-refractivity contribution in [3.05, 3.63) is 71.8 Å². The molecule has 35 heavy (non-hydrogen) atoms. The van der Waals surface area contributed by atoms with Gasteiger partial charge in [-0.25, -0.2) is 9.07 Å². The lowest BCUT2D eigenvalue weighted by Gasteiger charge is -2.16. The minimum atomic E-state index is -0.528. The molecule has 0 radical (unpaired) electrons. The van der Waals surface area contributed by atoms with Gasteiger partial charge in [-0.05, 0) is 42.3 Å². The summed E-state index contributed by atoms with van der Waals surface area (Å²) >= 11 is 2.44. The predicted octanol–water partition coefficient (Wildman–Crippen LogP) is 3.81. The van der Waals surface area contributed by atoms with E-state index in [4.69, 9.17) is 4.74 Å². The van der Waals surface area contributed by atoms with Crippen LogP contribution in [0.25, 0.3) is 5.69 Å². The van der Waals surface area contributed by atoms with Crippen molar-refractivity contribution in [3.63, 3.8) is 0 Å². The van der Waals surface area contributed by atoms with E-state index in [9.17, 15) is 14.0 Å². The van der Waals surface area contributed by atoms with Crippen LogP contribution in [-0.2, 0) is 11.2 Å². The highest BCUT2D eigenvalue weighted by Crippen LogP contribution is 2.31. The van der Waals surface area contributed by atoms with Crippen LogP contribution >= 0.6 is 23.1 Å². The molecule has 4 aromatic rings. The number of benzene rings is 2. The van der Waals surface area contributed by atoms with E-state index in [0.29, 0.717) is 16.6 Å². The van der Waals surface area contributed by atoms with Crippen LogP contribution in [-0.4, -0.2) is 51.2 Å². The van der Waals surface area contributed by atoms with E-state index >= 15 is 0 Å². The lowest BCUT2D eigenvalue weighted by Crippen LogP contribution is -2.30. The van der Waals surface area contributed by atoms with Crippen molar-refractivity contribution in [1.82, 2.24) is 20.0 Å². The lowest BCUT2D eigenvalue weighted by molar-refractivity contribution is -0.116. The number of halogens is 1. The average molecular weight is 511 g/mol. The highest BCUT2D eigenvalue weighted by molar-refractivity contribution is 8.01. The Hall–Kier alpha value is -3.77. The number of hydrogen-bond acceptors (Lipinski definition) is 8. The summed E-state index contributed by atoms with van der Waals surface area (Å²) in [6.07, 6.45) is 2.38. The second-order valence-corrected chi connectivity index (χ2v) is 9.71. The highest BCUT2D eigenvalue weighted by atomic mass is 32.2. The van der Waals surface area contributed by atoms with Gasteiger partial charge in [-0.1, -0.05) is 41.3 Å². The zero-order valence-electron chi connectivity index (χ0n) is 18.5. The minimum Gasteiger partial charge on any atom is -0.493 e. The van der Waals surface area contributed by atoms with E-state index in [-0.39, 0.29) is 34.1 Å². The molecule has 9 nitrogen and oxygen atoms in total. The lowest BCUT2D eigenvalue weighted by atomic mass is 10.2. The number of carbonyl (C=O) groups excluding carboxylic acids is 2. The molecule has 3 heterocycles. The smallest absolute Gasteiger partial charge is 0.281 e. The average Bonchev–Trinajstić information content (AvgIpc) is 3.61. The Labute approximate surface area is 207 Å². The number of thioether (sulfide) groups is 1. The molecule has 5 rings (SSSR count). The monoisotopic (exact) mass is 510 g/mol. The summed E-state index contributed by atoms with van der Waals surface area (Å²) in [5.74, 6) is -0.436. The number of methoxy groups -OCH3 is 1. The molecule has 12 heteroatoms. The first-order valence-corrected chi connectivity index (χ1v) is 12.4. The van der Waals surface area contributed by atoms with Crippen molar-refractivity contribution >= 4 is 45.7 Å². The van der Waals surface area contributed by atoms with Crippen LogP contribution in [0.2, 0.25) is 0 Å². The van der Waals surface area contributed by atoms with Gasteiger partial charge in [0.2, 0.25) is 11.0 Å². The van der Waals surface area contributed by atoms with Crippen molar-refractivity contribution in [2.45, 2.75) is 10.8 Å². The summed E-state index contributed by atoms with van der Waals surface area (Å²) in [5, 5.41) is 15.3. The van der Waals surface area contributed by atoms with Gasteiger partial charge >= 0.3 is 0 Å². The molecule has 0 atom stereocenters. The number of nitrogens with one attached hydrogen (secondary N) is 1. The Morgan fingerprint density at radius 3 is 2.77 bits per heavy atom. The molecule has 1 aliphatic heterocycles. The number of hydrogen-bond donors (Lipinski definition) is 1. The Bertz CT molecular complexity index is 1390. The number of ether oxygens (including phenoxy) is 1. The molecular weight excluding hydrogens is 491 g/mol. The number of para-hydroxylation sites is 1. The molecule has 0 unspecified atom stereocenters. The fraction of sp³-hybridized carbons (Fsp3) is 0.174. The number of carbonyl (C=O) groups is 2. The SMILES string of the molecule is COc1cn(-c2ccc(F)cc2)nc1C(=O)Nc1nnc(SCC(=O)N2CCc3ccccc32)s1. The molecule has 2 amide bonds. The fourth-order valence-corrected chi connectivity index (χ4v) is 5.29. The second-order valence-electron chi connectivity index (χ2n) is 7.51. The molecule has 0 aliphatic carbocycles. The van der Waals surface area contributed by atoms with Crippen molar-refractivity contribution in [2.24, 2.45) is 0 Å². The standard InChI is InChI=1S/C23H19FN6O3S2/c1-33-18-12-30(16-8-6-15(24)7-9-16)28-20(18)21(32)25-22-26-27-23(35-22)34-13-19(31)29-11-10-14-4-2-3-5-17(14)29/h2-9,12H,10-11,13H2,1H3,(H,25,26,32). The van der Waals surface area contributed by atoms with E-state index < -0.39 is 5.91 Å². The van der Waals surface area contributed by atoms with Gasteiger partial charge in [-0.3, -0.25) is 14.9 Å². The number of anilines is 2. The third-order valence-corrected chi connectivity index (χ3v) is 7.30. The zero-order valence-corrected chi connectivity index (χ0v) is 20.1. The van der Waals surface area contributed by atoms with Gasteiger partial charge in [0.1, 0.15) is 5.82 Å². The Morgan fingerprint density at radius 1 is 1.17 bits per heavy atom. The van der Waals surface area contributed by atoms with Gasteiger partial charge < -0.3 is 9.64 Å². The number of fused-ring (bicyclic) bond motifs is 1. The molecule has 1 N–H and O–H groups in total. The molecular formula is C23H19FN6O3S2. The minimum absolute atomic E-state index is 0.00296. The quantitative estimate of drug-likeness (QED) is 0.298. The molecule has 2 aromatic heterocycles. The normalized spacial score (nSPS) is 12.5. The van der Waals surface area contributed by atoms with Gasteiger partial charge in [-0.2, -0.15) is 5.10 Å². The van der Waals surface area contributed by atoms with Gasteiger partial charge in [-0.15, -0.1) is 10.2 Å². The van der Waals surface area contributed by atoms with Crippen LogP contribution in [0.4, 0.5) is 15.2 Å². The first kappa shape index (κ1) is 23.0. The zero-order chi connectivity index (χ0) is 24.4. The van der Waals surface area contributed by atoms with E-state index in [1.54, 1.807) is 17.0 Å². The second kappa shape index (κ2) is 9.84. The largest absolute Gasteiger partial charge is 0.493 e. The van der Waals surface area contributed by atoms with Crippen molar-refractivity contribution in [1.29, 1.82) is 0 Å². The number of amides is 2. The van der Waals surface area contributed by atoms with Crippen molar-refractivity contribution in [2.75, 3.05) is 29.6 Å². The Kier molecular flexibility index (Phi) is 6.47. The van der Waals surface area contributed by atoms with Crippen molar-refractivity contribution < 1.29 is 18.7 Å². The third-order valence-electron chi connectivity index (χ3n) is 5.34. The first-order valence-electron chi connectivity index (χ1n) is 10.6. The highest BCUT2D eigenvalue weighted by Gasteiger charge is 2.25. The van der Waals surface area contributed by atoms with E-state index in [1.807, 2.05) is 24.3 Å². The van der Waals surface area contributed by atoms with Crippen molar-refractivity contribution in [3.8, 4) is 11.4 Å². The molecule has 178 valence electrons. The van der Waals surface area contributed by atoms with Gasteiger partial charge in [0.15, 0.2) is 15.8 Å². The summed E-state index contributed by atoms with van der Waals surface area (Å²) in [5.41, 5.74) is 2.74. The van der Waals surface area contributed by atoms with Crippen LogP contribution in [0.3, 0.4) is 0 Å². The van der Waals surface area contributed by atoms with Crippen LogP contribution in [0.5, 0.6) is 5.75 Å². The van der Waals surface area contributed by atoms with Gasteiger partial charge in [0.25, 0.3) is 5.91 Å². The predicted molar refractivity (Wildman–Crippen MR) is 131 cm³/mol. The third kappa shape index (κ3) is 4.88. The fourth-order valence-electron chi connectivity index (χ4n) is 3.66. The number of rotatable bonds is 7. The van der Waals surface area contributed by atoms with E-state index in [1.165, 1.54) is 58.8 Å². The summed E-state index contributed by atoms with van der Waals surface area (Å²) in [6, 6.07) is 13.6. The van der Waals surface area contributed by atoms with Crippen LogP contribution < -0.4 is 15.0 Å². The molecule has 0 fully saturated rings. The molecule has 1 aliphatic rings. The van der Waals surface area contributed by atoms with Crippen LogP contribution in [0.15, 0.2) is 59.1 Å². The molecule has 0 spiro atoms. The Balaban J connectivity index is 1.22. The van der Waals surface area contributed by atoms with Crippen LogP contribution in [0, 0.1) is 5.82 Å². The van der Waals surface area contributed by atoms with E-state index in [2.05, 4.69) is 20.6 Å². The van der Waals surface area contributed by atoms with Gasteiger partial charge in [0.05, 0.1) is 24.7 Å². The number of nitrogens with zero attached hydrogens (tertiary/aromatic N) is 5. The summed E-state index contributed by atoms with van der Waals surface area (Å²) in [4.78, 5) is 27.3. The molecule has 2 aromatic carbocycles. The summed E-state index contributed by atoms with van der Waals surface area (Å²) in [6.45, 7) is 0.669. The molecule has 0 saturated heterocycles. The molecule has 0 bridgehead atoms. The topological polar surface area (TPSA) is 102 Å². The maximum absolute atomic E-state index is 13.2. The summed E-state index contributed by atoms with van der Waals surface area (Å²) in [7, 11) is 1.43. The Morgan fingerprint density at radius 2 is 1.97 bits per heavy atom. The number of aromatic nitrogens is 4. The van der Waals surface area contributed by atoms with E-state index in [0.717, 1.165) is 12.1 Å². The first-order chi connectivity index (χ1) is 17.0. The molecule has 0 saturated carbocycles.